The molecule has 2 aromatic carbocycles. The largest absolute Gasteiger partial charge is 0.506 e. The van der Waals surface area contributed by atoms with Gasteiger partial charge < -0.3 is 23.6 Å². The molecule has 0 saturated carbocycles. The van der Waals surface area contributed by atoms with Crippen molar-refractivity contribution in [1.82, 2.24) is 4.90 Å². The van der Waals surface area contributed by atoms with Crippen LogP contribution in [0, 0.1) is 17.5 Å². The first-order chi connectivity index (χ1) is 19.5. The van der Waals surface area contributed by atoms with Crippen LogP contribution in [0.25, 0.3) is 5.76 Å². The van der Waals surface area contributed by atoms with E-state index in [2.05, 4.69) is 4.99 Å². The SMILES string of the molecule is CCOC(=O)/C(C=NCCN(CP(=O)(OCC)OCC)C(=O)OCc1ccccc1)=C(\O)c1cc(F)c(F)cc1F. The van der Waals surface area contributed by atoms with E-state index in [9.17, 15) is 32.4 Å². The van der Waals surface area contributed by atoms with Crippen LogP contribution in [0.15, 0.2) is 53.0 Å². The molecule has 1 amide bonds. The maximum atomic E-state index is 14.2. The standard InChI is InChI=1S/C27H32F3N2O8P/c1-4-37-26(34)21(25(33)20-14-23(29)24(30)15-22(20)28)16-31-12-13-32(18-41(36,39-5-2)40-6-3)27(35)38-17-19-10-8-7-9-11-19/h7-11,14-16,33H,4-6,12-13,17-18H2,1-3H3/b25-21-,31-16?. The summed E-state index contributed by atoms with van der Waals surface area (Å²) in [7, 11) is -3.75. The van der Waals surface area contributed by atoms with Gasteiger partial charge in [-0.2, -0.15) is 0 Å². The Balaban J connectivity index is 2.30. The molecule has 0 radical (unpaired) electrons. The molecule has 0 bridgehead atoms. The molecule has 41 heavy (non-hydrogen) atoms. The number of amides is 1. The molecule has 0 spiro atoms. The van der Waals surface area contributed by atoms with Crippen LogP contribution in [0.3, 0.4) is 0 Å². The normalized spacial score (nSPS) is 12.2. The predicted octanol–water partition coefficient (Wildman–Crippen LogP) is 5.87. The topological polar surface area (TPSA) is 124 Å². The molecule has 2 aromatic rings. The molecular weight excluding hydrogens is 568 g/mol. The zero-order valence-electron chi connectivity index (χ0n) is 22.8. The maximum absolute atomic E-state index is 14.2. The van der Waals surface area contributed by atoms with E-state index < -0.39 is 60.3 Å². The lowest BCUT2D eigenvalue weighted by molar-refractivity contribution is -0.137. The molecular formula is C27H32F3N2O8P. The number of aliphatic imine (C=N–C) groups is 1. The van der Waals surface area contributed by atoms with Crippen molar-refractivity contribution in [3.63, 3.8) is 0 Å². The van der Waals surface area contributed by atoms with Crippen molar-refractivity contribution in [2.24, 2.45) is 4.99 Å². The van der Waals surface area contributed by atoms with Crippen molar-refractivity contribution in [3.05, 3.63) is 76.6 Å². The summed E-state index contributed by atoms with van der Waals surface area (Å²) in [5.41, 5.74) is -0.732. The fourth-order valence-electron chi connectivity index (χ4n) is 3.35. The van der Waals surface area contributed by atoms with E-state index in [0.29, 0.717) is 11.6 Å². The van der Waals surface area contributed by atoms with Crippen molar-refractivity contribution in [2.75, 3.05) is 39.2 Å². The van der Waals surface area contributed by atoms with E-state index in [1.165, 1.54) is 6.92 Å². The second-order valence-electron chi connectivity index (χ2n) is 8.16. The zero-order valence-corrected chi connectivity index (χ0v) is 23.7. The smallest absolute Gasteiger partial charge is 0.410 e. The summed E-state index contributed by atoms with van der Waals surface area (Å²) < 4.78 is 75.2. The summed E-state index contributed by atoms with van der Waals surface area (Å²) in [5, 5.41) is 10.5. The molecule has 0 fully saturated rings. The average molecular weight is 601 g/mol. The van der Waals surface area contributed by atoms with Gasteiger partial charge in [-0.05, 0) is 32.4 Å². The molecule has 0 heterocycles. The van der Waals surface area contributed by atoms with Crippen molar-refractivity contribution in [2.45, 2.75) is 27.4 Å². The van der Waals surface area contributed by atoms with Crippen LogP contribution in [-0.4, -0.2) is 67.5 Å². The van der Waals surface area contributed by atoms with E-state index in [1.807, 2.05) is 0 Å². The molecule has 2 rings (SSSR count). The summed E-state index contributed by atoms with van der Waals surface area (Å²) in [4.78, 5) is 30.4. The van der Waals surface area contributed by atoms with Crippen molar-refractivity contribution < 1.29 is 51.0 Å². The minimum atomic E-state index is -3.75. The number of ether oxygens (including phenoxy) is 2. The van der Waals surface area contributed by atoms with Gasteiger partial charge in [0.2, 0.25) is 0 Å². The fraction of sp³-hybridized carbons (Fsp3) is 0.370. The zero-order chi connectivity index (χ0) is 30.4. The Morgan fingerprint density at radius 1 is 0.951 bits per heavy atom. The van der Waals surface area contributed by atoms with Gasteiger partial charge in [0, 0.05) is 18.8 Å². The van der Waals surface area contributed by atoms with E-state index >= 15 is 0 Å². The minimum absolute atomic E-state index is 0.0514. The molecule has 0 unspecified atom stereocenters. The van der Waals surface area contributed by atoms with Gasteiger partial charge in [-0.3, -0.25) is 14.5 Å². The number of rotatable bonds is 15. The third kappa shape index (κ3) is 10.3. The van der Waals surface area contributed by atoms with Gasteiger partial charge >= 0.3 is 19.7 Å². The van der Waals surface area contributed by atoms with Gasteiger partial charge in [-0.1, -0.05) is 30.3 Å². The molecule has 0 atom stereocenters. The van der Waals surface area contributed by atoms with Crippen molar-refractivity contribution >= 4 is 31.6 Å². The van der Waals surface area contributed by atoms with Gasteiger partial charge in [0.25, 0.3) is 0 Å². The Morgan fingerprint density at radius 3 is 2.20 bits per heavy atom. The third-order valence-electron chi connectivity index (χ3n) is 5.19. The summed E-state index contributed by atoms with van der Waals surface area (Å²) in [6.45, 7) is 4.19. The van der Waals surface area contributed by atoms with Crippen LogP contribution in [0.1, 0.15) is 31.9 Å². The highest BCUT2D eigenvalue weighted by molar-refractivity contribution is 7.53. The summed E-state index contributed by atoms with van der Waals surface area (Å²) in [6.07, 6.45) is -0.479. The van der Waals surface area contributed by atoms with Gasteiger partial charge in [-0.25, -0.2) is 22.8 Å². The summed E-state index contributed by atoms with van der Waals surface area (Å²) >= 11 is 0. The van der Waals surface area contributed by atoms with Gasteiger partial charge in [-0.15, -0.1) is 0 Å². The number of esters is 1. The highest BCUT2D eigenvalue weighted by Crippen LogP contribution is 2.48. The Bertz CT molecular complexity index is 1280. The Hall–Kier alpha value is -3.67. The lowest BCUT2D eigenvalue weighted by atomic mass is 10.1. The lowest BCUT2D eigenvalue weighted by Crippen LogP contribution is -2.35. The summed E-state index contributed by atoms with van der Waals surface area (Å²) in [5.74, 6) is -6.42. The highest BCUT2D eigenvalue weighted by Gasteiger charge is 2.30. The number of nitrogens with zero attached hydrogens (tertiary/aromatic N) is 2. The monoisotopic (exact) mass is 600 g/mol. The predicted molar refractivity (Wildman–Crippen MR) is 145 cm³/mol. The number of carbonyl (C=O) groups excluding carboxylic acids is 2. The maximum Gasteiger partial charge on any atom is 0.410 e. The highest BCUT2D eigenvalue weighted by atomic mass is 31.2. The molecule has 0 aromatic heterocycles. The number of hydrogen-bond donors (Lipinski definition) is 1. The first-order valence-electron chi connectivity index (χ1n) is 12.6. The Kier molecular flexibility index (Phi) is 13.5. The van der Waals surface area contributed by atoms with E-state index in [1.54, 1.807) is 44.2 Å². The molecule has 224 valence electrons. The van der Waals surface area contributed by atoms with Crippen LogP contribution in [0.4, 0.5) is 18.0 Å². The first-order valence-corrected chi connectivity index (χ1v) is 14.4. The molecule has 0 aliphatic carbocycles. The van der Waals surface area contributed by atoms with E-state index in [-0.39, 0.29) is 45.6 Å². The number of hydrogen-bond acceptors (Lipinski definition) is 9. The lowest BCUT2D eigenvalue weighted by Gasteiger charge is -2.26. The fourth-order valence-corrected chi connectivity index (χ4v) is 5.05. The van der Waals surface area contributed by atoms with E-state index in [4.69, 9.17) is 18.5 Å². The average Bonchev–Trinajstić information content (AvgIpc) is 2.93. The Morgan fingerprint density at radius 2 is 1.59 bits per heavy atom. The number of aliphatic hydroxyl groups is 1. The molecule has 1 N–H and O–H groups in total. The number of benzene rings is 2. The van der Waals surface area contributed by atoms with E-state index in [0.717, 1.165) is 11.1 Å². The summed E-state index contributed by atoms with van der Waals surface area (Å²) in [6, 6.07) is 9.44. The second kappa shape index (κ2) is 16.6. The van der Waals surface area contributed by atoms with Crippen LogP contribution in [0.2, 0.25) is 0 Å². The molecule has 0 aliphatic rings. The van der Waals surface area contributed by atoms with Crippen LogP contribution in [-0.2, 0) is 34.5 Å². The van der Waals surface area contributed by atoms with Crippen LogP contribution >= 0.6 is 7.60 Å². The number of aliphatic hydroxyl groups excluding tert-OH is 1. The quantitative estimate of drug-likeness (QED) is 0.0673. The molecule has 0 aliphatic heterocycles. The molecule has 10 nitrogen and oxygen atoms in total. The molecule has 14 heteroatoms. The first kappa shape index (κ1) is 33.5. The van der Waals surface area contributed by atoms with Crippen LogP contribution in [0.5, 0.6) is 0 Å². The number of halogens is 3. The minimum Gasteiger partial charge on any atom is -0.506 e. The van der Waals surface area contributed by atoms with Gasteiger partial charge in [0.05, 0.1) is 31.9 Å². The number of carbonyl (C=O) groups is 2. The van der Waals surface area contributed by atoms with Crippen molar-refractivity contribution in [1.29, 1.82) is 0 Å². The second-order valence-corrected chi connectivity index (χ2v) is 10.2. The Labute approximate surface area is 235 Å². The molecule has 0 saturated heterocycles. The van der Waals surface area contributed by atoms with Gasteiger partial charge in [0.1, 0.15) is 30.0 Å². The third-order valence-corrected chi connectivity index (χ3v) is 7.18. The van der Waals surface area contributed by atoms with Crippen LogP contribution < -0.4 is 0 Å². The van der Waals surface area contributed by atoms with Crippen molar-refractivity contribution in [3.8, 4) is 0 Å². The van der Waals surface area contributed by atoms with Gasteiger partial charge in [0.15, 0.2) is 11.6 Å².